The maximum atomic E-state index is 13.0. The van der Waals surface area contributed by atoms with Crippen LogP contribution >= 0.6 is 24.0 Å². The topological polar surface area (TPSA) is 95.0 Å². The highest BCUT2D eigenvalue weighted by molar-refractivity contribution is 8.26. The number of nitrogens with zero attached hydrogens (tertiary/aromatic N) is 2. The van der Waals surface area contributed by atoms with Crippen LogP contribution in [0.5, 0.6) is 0 Å². The number of hydrogen-bond donors (Lipinski definition) is 1. The first-order valence-electron chi connectivity index (χ1n) is 10.3. The Morgan fingerprint density at radius 1 is 1.19 bits per heavy atom. The molecule has 0 aromatic heterocycles. The van der Waals surface area contributed by atoms with E-state index in [0.717, 1.165) is 27.8 Å². The van der Waals surface area contributed by atoms with E-state index in [0.29, 0.717) is 24.2 Å². The zero-order valence-electron chi connectivity index (χ0n) is 17.7. The number of carbonyl (C=O) groups is 4. The number of likely N-dealkylation sites (tertiary alicyclic amines) is 1. The number of amides is 3. The van der Waals surface area contributed by atoms with Gasteiger partial charge in [-0.1, -0.05) is 66.8 Å². The fraction of sp³-hybridized carbons (Fsp3) is 0.348. The third-order valence-electron chi connectivity index (χ3n) is 5.18. The van der Waals surface area contributed by atoms with Crippen molar-refractivity contribution in [2.75, 3.05) is 6.54 Å². The number of unbranched alkanes of at least 4 members (excludes halogenated alkanes) is 2. The Kier molecular flexibility index (Phi) is 7.98. The van der Waals surface area contributed by atoms with Crippen LogP contribution in [0.1, 0.15) is 44.6 Å². The number of hydrogen-bond acceptors (Lipinski definition) is 6. The van der Waals surface area contributed by atoms with E-state index >= 15 is 0 Å². The number of carbonyl (C=O) groups excluding carboxylic acids is 3. The number of thioether (sulfide) groups is 1. The quantitative estimate of drug-likeness (QED) is 0.254. The summed E-state index contributed by atoms with van der Waals surface area (Å²) in [4.78, 5) is 51.7. The van der Waals surface area contributed by atoms with Crippen molar-refractivity contribution >= 4 is 58.1 Å². The minimum absolute atomic E-state index is 0.0610. The van der Waals surface area contributed by atoms with Crippen molar-refractivity contribution in [3.63, 3.8) is 0 Å². The molecule has 2 saturated heterocycles. The van der Waals surface area contributed by atoms with Gasteiger partial charge in [-0.2, -0.15) is 0 Å². The molecular weight excluding hydrogens is 448 g/mol. The van der Waals surface area contributed by atoms with Crippen LogP contribution in [0, 0.1) is 0 Å². The Morgan fingerprint density at radius 3 is 2.59 bits per heavy atom. The average molecular weight is 473 g/mol. The summed E-state index contributed by atoms with van der Waals surface area (Å²) in [6.45, 7) is 2.10. The van der Waals surface area contributed by atoms with E-state index in [2.05, 4.69) is 0 Å². The van der Waals surface area contributed by atoms with Crippen LogP contribution in [-0.2, 0) is 19.2 Å². The van der Waals surface area contributed by atoms with Crippen LogP contribution < -0.4 is 0 Å². The molecule has 32 heavy (non-hydrogen) atoms. The van der Waals surface area contributed by atoms with Crippen molar-refractivity contribution in [1.82, 2.24) is 9.80 Å². The van der Waals surface area contributed by atoms with Crippen LogP contribution in [0.15, 0.2) is 46.9 Å². The van der Waals surface area contributed by atoms with Gasteiger partial charge in [-0.05, 0) is 37.0 Å². The highest BCUT2D eigenvalue weighted by Crippen LogP contribution is 2.36. The summed E-state index contributed by atoms with van der Waals surface area (Å²) >= 11 is 6.49. The molecule has 1 N–H and O–H groups in total. The number of aliphatic carboxylic acids is 1. The molecule has 0 unspecified atom stereocenters. The number of benzene rings is 1. The van der Waals surface area contributed by atoms with Crippen molar-refractivity contribution in [2.45, 2.75) is 45.1 Å². The maximum absolute atomic E-state index is 13.0. The number of thiocarbonyl (C=S) groups is 1. The lowest BCUT2D eigenvalue weighted by molar-refractivity contribution is -0.141. The predicted octanol–water partition coefficient (Wildman–Crippen LogP) is 3.61. The van der Waals surface area contributed by atoms with Crippen LogP contribution in [0.3, 0.4) is 0 Å². The first-order chi connectivity index (χ1) is 15.3. The largest absolute Gasteiger partial charge is 0.481 e. The third-order valence-corrected chi connectivity index (χ3v) is 6.51. The van der Waals surface area contributed by atoms with Crippen molar-refractivity contribution in [3.05, 3.63) is 52.4 Å². The Bertz CT molecular complexity index is 1000. The molecule has 2 aliphatic rings. The zero-order chi connectivity index (χ0) is 23.3. The van der Waals surface area contributed by atoms with E-state index in [4.69, 9.17) is 17.3 Å². The number of allylic oxidation sites excluding steroid dienone is 2. The zero-order valence-corrected chi connectivity index (χ0v) is 19.3. The van der Waals surface area contributed by atoms with Gasteiger partial charge in [0.25, 0.3) is 11.8 Å². The molecule has 3 amide bonds. The fourth-order valence-corrected chi connectivity index (χ4v) is 5.04. The highest BCUT2D eigenvalue weighted by Gasteiger charge is 2.48. The molecule has 168 valence electrons. The second-order valence-corrected chi connectivity index (χ2v) is 9.33. The predicted molar refractivity (Wildman–Crippen MR) is 126 cm³/mol. The summed E-state index contributed by atoms with van der Waals surface area (Å²) < 4.78 is 0.267. The van der Waals surface area contributed by atoms with E-state index in [9.17, 15) is 19.2 Å². The Balaban J connectivity index is 1.65. The summed E-state index contributed by atoms with van der Waals surface area (Å²) in [6, 6.07) is 8.79. The summed E-state index contributed by atoms with van der Waals surface area (Å²) in [5, 5.41) is 8.69. The van der Waals surface area contributed by atoms with Gasteiger partial charge >= 0.3 is 5.97 Å². The van der Waals surface area contributed by atoms with E-state index < -0.39 is 17.9 Å². The first kappa shape index (κ1) is 23.9. The summed E-state index contributed by atoms with van der Waals surface area (Å²) in [7, 11) is 0. The Hall–Kier alpha value is -2.78. The second-order valence-electron chi connectivity index (χ2n) is 7.66. The van der Waals surface area contributed by atoms with Crippen molar-refractivity contribution in [3.8, 4) is 0 Å². The minimum atomic E-state index is -0.918. The first-order valence-corrected chi connectivity index (χ1v) is 11.6. The lowest BCUT2D eigenvalue weighted by Gasteiger charge is -2.21. The van der Waals surface area contributed by atoms with Gasteiger partial charge in [0, 0.05) is 13.0 Å². The van der Waals surface area contributed by atoms with E-state index in [-0.39, 0.29) is 35.5 Å². The van der Waals surface area contributed by atoms with Gasteiger partial charge in [0.15, 0.2) is 0 Å². The molecule has 2 fully saturated rings. The summed E-state index contributed by atoms with van der Waals surface area (Å²) in [6.07, 6.45) is 5.28. The number of carboxylic acids is 1. The Morgan fingerprint density at radius 2 is 1.91 bits per heavy atom. The molecule has 7 nitrogen and oxygen atoms in total. The lowest BCUT2D eigenvalue weighted by atomic mass is 10.1. The number of carboxylic acid groups (broad SMARTS) is 1. The van der Waals surface area contributed by atoms with E-state index in [1.807, 2.05) is 43.3 Å². The normalized spacial score (nSPS) is 20.7. The molecule has 2 aliphatic heterocycles. The van der Waals surface area contributed by atoms with Gasteiger partial charge in [-0.15, -0.1) is 0 Å². The minimum Gasteiger partial charge on any atom is -0.481 e. The molecule has 0 saturated carbocycles. The highest BCUT2D eigenvalue weighted by atomic mass is 32.2. The molecule has 0 bridgehead atoms. The monoisotopic (exact) mass is 472 g/mol. The van der Waals surface area contributed by atoms with Gasteiger partial charge in [-0.3, -0.25) is 29.0 Å². The van der Waals surface area contributed by atoms with Gasteiger partial charge in [0.1, 0.15) is 10.4 Å². The lowest BCUT2D eigenvalue weighted by Crippen LogP contribution is -2.44. The molecule has 3 rings (SSSR count). The van der Waals surface area contributed by atoms with E-state index in [1.165, 1.54) is 4.90 Å². The summed E-state index contributed by atoms with van der Waals surface area (Å²) in [5.74, 6) is -2.00. The van der Waals surface area contributed by atoms with Gasteiger partial charge < -0.3 is 5.11 Å². The molecule has 0 spiro atoms. The van der Waals surface area contributed by atoms with Gasteiger partial charge in [0.2, 0.25) is 5.91 Å². The maximum Gasteiger partial charge on any atom is 0.303 e. The Labute approximate surface area is 196 Å². The number of rotatable bonds is 9. The van der Waals surface area contributed by atoms with Crippen LogP contribution in [0.4, 0.5) is 0 Å². The SMILES string of the molecule is CC(=C/c1ccccc1)/C=C1/SC(=S)N([C@@H]2CC(=O)N(CCCCCC(=O)O)C2=O)C1=O. The fourth-order valence-electron chi connectivity index (χ4n) is 3.63. The molecular formula is C23H24N2O5S2. The summed E-state index contributed by atoms with van der Waals surface area (Å²) in [5.41, 5.74) is 1.88. The molecule has 0 radical (unpaired) electrons. The van der Waals surface area contributed by atoms with Crippen molar-refractivity contribution in [2.24, 2.45) is 0 Å². The van der Waals surface area contributed by atoms with Crippen molar-refractivity contribution < 1.29 is 24.3 Å². The molecule has 9 heteroatoms. The molecule has 1 aromatic carbocycles. The molecule has 0 aliphatic carbocycles. The van der Waals surface area contributed by atoms with Crippen LogP contribution in [-0.4, -0.2) is 55.5 Å². The average Bonchev–Trinajstić information content (AvgIpc) is 3.16. The van der Waals surface area contributed by atoms with Gasteiger partial charge in [-0.25, -0.2) is 0 Å². The molecule has 1 aromatic rings. The van der Waals surface area contributed by atoms with Crippen LogP contribution in [0.2, 0.25) is 0 Å². The van der Waals surface area contributed by atoms with Crippen LogP contribution in [0.25, 0.3) is 6.08 Å². The second kappa shape index (κ2) is 10.7. The van der Waals surface area contributed by atoms with E-state index in [1.54, 1.807) is 6.08 Å². The number of imide groups is 1. The van der Waals surface area contributed by atoms with Crippen molar-refractivity contribution in [1.29, 1.82) is 0 Å². The molecule has 2 heterocycles. The third kappa shape index (κ3) is 5.72. The smallest absolute Gasteiger partial charge is 0.303 e. The standard InChI is InChI=1S/C23H24N2O5S2/c1-15(12-16-8-4-2-5-9-16)13-18-22(30)25(23(31)32-18)17-14-19(26)24(21(17)29)11-7-3-6-10-20(27)28/h2,4-5,8-9,12-13,17H,3,6-7,10-11,14H2,1H3,(H,27,28)/b15-12-,18-13+/t17-/m1/s1. The molecule has 1 atom stereocenters. The van der Waals surface area contributed by atoms with Gasteiger partial charge in [0.05, 0.1) is 11.3 Å².